The molecule has 0 unspecified atom stereocenters. The molecule has 164 valence electrons. The monoisotopic (exact) mass is 476 g/mol. The number of ether oxygens (including phenoxy) is 1. The molecule has 6 nitrogen and oxygen atoms in total. The van der Waals surface area contributed by atoms with E-state index >= 15 is 0 Å². The van der Waals surface area contributed by atoms with Crippen molar-refractivity contribution >= 4 is 56.0 Å². The first kappa shape index (κ1) is 22.2. The molecule has 9 heteroatoms. The number of carbonyl (C=O) groups excluding carboxylic acids is 1. The fraction of sp³-hybridized carbons (Fsp3) is 0.364. The SMILES string of the molecule is COc1c(Cl)ccc2sc(N3CCN(CCNC(=O)CSc4ccccc4)CC3)nc12. The van der Waals surface area contributed by atoms with Crippen molar-refractivity contribution in [1.82, 2.24) is 15.2 Å². The number of benzene rings is 2. The van der Waals surface area contributed by atoms with Crippen LogP contribution in [0.2, 0.25) is 5.02 Å². The minimum absolute atomic E-state index is 0.0783. The Morgan fingerprint density at radius 1 is 1.19 bits per heavy atom. The van der Waals surface area contributed by atoms with Gasteiger partial charge < -0.3 is 15.0 Å². The Labute approximate surface area is 195 Å². The largest absolute Gasteiger partial charge is 0.493 e. The topological polar surface area (TPSA) is 57.7 Å². The fourth-order valence-electron chi connectivity index (χ4n) is 3.50. The molecule has 0 atom stereocenters. The van der Waals surface area contributed by atoms with Crippen molar-refractivity contribution in [3.05, 3.63) is 47.5 Å². The smallest absolute Gasteiger partial charge is 0.230 e. The summed E-state index contributed by atoms with van der Waals surface area (Å²) in [6, 6.07) is 13.8. The van der Waals surface area contributed by atoms with Gasteiger partial charge in [-0.2, -0.15) is 0 Å². The van der Waals surface area contributed by atoms with Crippen LogP contribution in [0.25, 0.3) is 10.2 Å². The van der Waals surface area contributed by atoms with Crippen LogP contribution in [-0.2, 0) is 4.79 Å². The van der Waals surface area contributed by atoms with Crippen LogP contribution in [0, 0.1) is 0 Å². The summed E-state index contributed by atoms with van der Waals surface area (Å²) in [6.45, 7) is 5.25. The van der Waals surface area contributed by atoms with Crippen LogP contribution in [0.3, 0.4) is 0 Å². The van der Waals surface area contributed by atoms with Gasteiger partial charge in [0.2, 0.25) is 5.91 Å². The average Bonchev–Trinajstić information content (AvgIpc) is 3.23. The molecule has 0 saturated carbocycles. The summed E-state index contributed by atoms with van der Waals surface area (Å²) in [4.78, 5) is 22.7. The van der Waals surface area contributed by atoms with Crippen LogP contribution < -0.4 is 15.0 Å². The molecule has 0 aliphatic carbocycles. The van der Waals surface area contributed by atoms with Crippen LogP contribution in [0.1, 0.15) is 0 Å². The zero-order valence-electron chi connectivity index (χ0n) is 17.3. The lowest BCUT2D eigenvalue weighted by Crippen LogP contribution is -2.48. The molecule has 1 N–H and O–H groups in total. The van der Waals surface area contributed by atoms with E-state index in [-0.39, 0.29) is 5.91 Å². The molecular weight excluding hydrogens is 452 g/mol. The van der Waals surface area contributed by atoms with Crippen LogP contribution in [0.5, 0.6) is 5.75 Å². The van der Waals surface area contributed by atoms with Gasteiger partial charge >= 0.3 is 0 Å². The van der Waals surface area contributed by atoms with E-state index in [9.17, 15) is 4.79 Å². The first-order chi connectivity index (χ1) is 15.1. The van der Waals surface area contributed by atoms with E-state index in [1.807, 2.05) is 42.5 Å². The third-order valence-electron chi connectivity index (χ3n) is 5.17. The minimum Gasteiger partial charge on any atom is -0.493 e. The van der Waals surface area contributed by atoms with Gasteiger partial charge in [0.25, 0.3) is 0 Å². The van der Waals surface area contributed by atoms with Crippen LogP contribution in [0.4, 0.5) is 5.13 Å². The summed E-state index contributed by atoms with van der Waals surface area (Å²) in [5.41, 5.74) is 0.827. The maximum Gasteiger partial charge on any atom is 0.230 e. The molecule has 1 amide bonds. The van der Waals surface area contributed by atoms with E-state index in [4.69, 9.17) is 21.3 Å². The number of amides is 1. The highest BCUT2D eigenvalue weighted by Crippen LogP contribution is 2.38. The van der Waals surface area contributed by atoms with Gasteiger partial charge in [0, 0.05) is 44.2 Å². The summed E-state index contributed by atoms with van der Waals surface area (Å²) in [6.07, 6.45) is 0. The lowest BCUT2D eigenvalue weighted by molar-refractivity contribution is -0.118. The normalized spacial score (nSPS) is 14.7. The van der Waals surface area contributed by atoms with Crippen LogP contribution in [0.15, 0.2) is 47.4 Å². The minimum atomic E-state index is 0.0783. The van der Waals surface area contributed by atoms with Crippen LogP contribution in [-0.4, -0.2) is 67.9 Å². The highest BCUT2D eigenvalue weighted by Gasteiger charge is 2.21. The molecule has 1 saturated heterocycles. The number of fused-ring (bicyclic) bond motifs is 1. The predicted molar refractivity (Wildman–Crippen MR) is 130 cm³/mol. The lowest BCUT2D eigenvalue weighted by Gasteiger charge is -2.34. The molecule has 0 bridgehead atoms. The first-order valence-electron chi connectivity index (χ1n) is 10.2. The second kappa shape index (κ2) is 10.5. The quantitative estimate of drug-likeness (QED) is 0.496. The van der Waals surface area contributed by atoms with Crippen molar-refractivity contribution in [3.8, 4) is 5.75 Å². The second-order valence-electron chi connectivity index (χ2n) is 7.20. The molecule has 2 heterocycles. The Balaban J connectivity index is 1.21. The molecular formula is C22H25ClN4O2S2. The van der Waals surface area contributed by atoms with Gasteiger partial charge in [-0.25, -0.2) is 4.98 Å². The van der Waals surface area contributed by atoms with Gasteiger partial charge in [-0.1, -0.05) is 41.1 Å². The number of nitrogens with zero attached hydrogens (tertiary/aromatic N) is 3. The van der Waals surface area contributed by atoms with Gasteiger partial charge in [0.05, 0.1) is 22.6 Å². The average molecular weight is 477 g/mol. The van der Waals surface area contributed by atoms with E-state index in [0.29, 0.717) is 23.1 Å². The van der Waals surface area contributed by atoms with Crippen molar-refractivity contribution in [2.24, 2.45) is 0 Å². The zero-order valence-corrected chi connectivity index (χ0v) is 19.7. The number of anilines is 1. The molecule has 1 aromatic heterocycles. The van der Waals surface area contributed by atoms with E-state index in [0.717, 1.165) is 53.0 Å². The summed E-state index contributed by atoms with van der Waals surface area (Å²) in [5, 5.41) is 4.61. The van der Waals surface area contributed by atoms with Crippen LogP contribution >= 0.6 is 34.7 Å². The maximum atomic E-state index is 12.1. The number of hydrogen-bond donors (Lipinski definition) is 1. The summed E-state index contributed by atoms with van der Waals surface area (Å²) in [5.74, 6) is 1.17. The molecule has 1 aliphatic rings. The van der Waals surface area contributed by atoms with Gasteiger partial charge in [-0.3, -0.25) is 9.69 Å². The Kier molecular flexibility index (Phi) is 7.55. The summed E-state index contributed by atoms with van der Waals surface area (Å²) < 4.78 is 6.51. The van der Waals surface area contributed by atoms with Crippen molar-refractivity contribution in [1.29, 1.82) is 0 Å². The highest BCUT2D eigenvalue weighted by atomic mass is 35.5. The standard InChI is InChI=1S/C22H25ClN4O2S2/c1-29-21-17(23)7-8-18-20(21)25-22(31-18)27-13-11-26(12-14-27)10-9-24-19(28)15-30-16-5-3-2-4-6-16/h2-8H,9-15H2,1H3,(H,24,28). The molecule has 2 aromatic carbocycles. The Morgan fingerprint density at radius 2 is 1.97 bits per heavy atom. The molecule has 0 radical (unpaired) electrons. The Bertz CT molecular complexity index is 1020. The molecule has 31 heavy (non-hydrogen) atoms. The van der Waals surface area contributed by atoms with E-state index in [2.05, 4.69) is 15.1 Å². The molecule has 4 rings (SSSR count). The van der Waals surface area contributed by atoms with Gasteiger partial charge in [0.15, 0.2) is 10.9 Å². The Morgan fingerprint density at radius 3 is 2.71 bits per heavy atom. The summed E-state index contributed by atoms with van der Waals surface area (Å²) >= 11 is 9.46. The van der Waals surface area contributed by atoms with Gasteiger partial charge in [-0.15, -0.1) is 11.8 Å². The molecule has 1 fully saturated rings. The van der Waals surface area contributed by atoms with Crippen molar-refractivity contribution in [2.45, 2.75) is 4.90 Å². The van der Waals surface area contributed by atoms with Crippen molar-refractivity contribution < 1.29 is 9.53 Å². The number of halogens is 1. The number of thioether (sulfide) groups is 1. The molecule has 0 spiro atoms. The second-order valence-corrected chi connectivity index (χ2v) is 9.67. The molecule has 3 aromatic rings. The van der Waals surface area contributed by atoms with E-state index in [1.165, 1.54) is 0 Å². The number of hydrogen-bond acceptors (Lipinski definition) is 7. The maximum absolute atomic E-state index is 12.1. The number of thiazole rings is 1. The Hall–Kier alpha value is -2.00. The first-order valence-corrected chi connectivity index (χ1v) is 12.4. The number of piperazine rings is 1. The third-order valence-corrected chi connectivity index (χ3v) is 7.56. The van der Waals surface area contributed by atoms with E-state index < -0.39 is 0 Å². The van der Waals surface area contributed by atoms with Gasteiger partial charge in [0.1, 0.15) is 5.52 Å². The van der Waals surface area contributed by atoms with Crippen molar-refractivity contribution in [3.63, 3.8) is 0 Å². The lowest BCUT2D eigenvalue weighted by atomic mass is 10.3. The number of methoxy groups -OCH3 is 1. The fourth-order valence-corrected chi connectivity index (χ4v) is 5.49. The highest BCUT2D eigenvalue weighted by molar-refractivity contribution is 8.00. The van der Waals surface area contributed by atoms with E-state index in [1.54, 1.807) is 30.2 Å². The third kappa shape index (κ3) is 5.63. The number of rotatable bonds is 8. The molecule has 1 aliphatic heterocycles. The number of carbonyl (C=O) groups is 1. The number of nitrogens with one attached hydrogen (secondary N) is 1. The zero-order chi connectivity index (χ0) is 21.6. The number of aromatic nitrogens is 1. The predicted octanol–water partition coefficient (Wildman–Crippen LogP) is 3.99. The summed E-state index contributed by atoms with van der Waals surface area (Å²) in [7, 11) is 1.62. The van der Waals surface area contributed by atoms with Crippen molar-refractivity contribution in [2.75, 3.05) is 57.0 Å². The van der Waals surface area contributed by atoms with Gasteiger partial charge in [-0.05, 0) is 24.3 Å².